The molecule has 0 saturated carbocycles. The summed E-state index contributed by atoms with van der Waals surface area (Å²) in [6, 6.07) is 12.3. The molecule has 2 aliphatic rings. The van der Waals surface area contributed by atoms with Gasteiger partial charge in [0.2, 0.25) is 0 Å². The molecular weight excluding hydrogens is 418 g/mol. The Morgan fingerprint density at radius 1 is 1.03 bits per heavy atom. The van der Waals surface area contributed by atoms with Gasteiger partial charge in [-0.25, -0.2) is 4.90 Å². The Bertz CT molecular complexity index is 1110. The van der Waals surface area contributed by atoms with Gasteiger partial charge in [-0.15, -0.1) is 0 Å². The number of morpholine rings is 1. The van der Waals surface area contributed by atoms with E-state index in [2.05, 4.69) is 5.32 Å². The van der Waals surface area contributed by atoms with E-state index in [4.69, 9.17) is 16.3 Å². The number of ether oxygens (including phenoxy) is 1. The lowest BCUT2D eigenvalue weighted by atomic mass is 10.1. The zero-order valence-electron chi connectivity index (χ0n) is 17.3. The van der Waals surface area contributed by atoms with E-state index in [1.54, 1.807) is 35.2 Å². The summed E-state index contributed by atoms with van der Waals surface area (Å²) in [6.07, 6.45) is 0. The van der Waals surface area contributed by atoms with E-state index in [1.807, 2.05) is 26.0 Å². The van der Waals surface area contributed by atoms with Crippen LogP contribution >= 0.6 is 11.6 Å². The summed E-state index contributed by atoms with van der Waals surface area (Å²) >= 11 is 6.24. The first-order valence-electron chi connectivity index (χ1n) is 9.96. The Balaban J connectivity index is 1.57. The average Bonchev–Trinajstić information content (AvgIpc) is 2.98. The first-order valence-corrected chi connectivity index (χ1v) is 10.3. The van der Waals surface area contributed by atoms with Crippen molar-refractivity contribution in [3.8, 4) is 0 Å². The van der Waals surface area contributed by atoms with Crippen molar-refractivity contribution in [1.82, 2.24) is 4.90 Å². The molecule has 2 aliphatic heterocycles. The van der Waals surface area contributed by atoms with E-state index in [1.165, 1.54) is 0 Å². The standard InChI is InChI=1S/C23H22ClN3O4/c1-14-6-7-18(15(2)12-14)27-22(29)19(24)20(23(27)30)25-17-5-3-4-16(13-17)21(28)26-8-10-31-11-9-26/h3-7,12-13,25H,8-11H2,1-2H3. The molecule has 2 heterocycles. The summed E-state index contributed by atoms with van der Waals surface area (Å²) in [4.78, 5) is 41.3. The Morgan fingerprint density at radius 2 is 1.77 bits per heavy atom. The summed E-state index contributed by atoms with van der Waals surface area (Å²) in [7, 11) is 0. The fourth-order valence-corrected chi connectivity index (χ4v) is 3.92. The third-order valence-corrected chi connectivity index (χ3v) is 5.65. The highest BCUT2D eigenvalue weighted by molar-refractivity contribution is 6.53. The minimum Gasteiger partial charge on any atom is -0.378 e. The molecule has 2 aromatic rings. The molecule has 0 spiro atoms. The molecule has 1 saturated heterocycles. The number of aryl methyl sites for hydroxylation is 2. The summed E-state index contributed by atoms with van der Waals surface area (Å²) in [6.45, 7) is 5.86. The fourth-order valence-electron chi connectivity index (χ4n) is 3.71. The molecule has 0 aliphatic carbocycles. The zero-order chi connectivity index (χ0) is 22.1. The number of nitrogens with zero attached hydrogens (tertiary/aromatic N) is 2. The lowest BCUT2D eigenvalue weighted by molar-refractivity contribution is -0.120. The quantitative estimate of drug-likeness (QED) is 0.740. The molecule has 0 aromatic heterocycles. The third-order valence-electron chi connectivity index (χ3n) is 5.30. The number of imide groups is 1. The summed E-state index contributed by atoms with van der Waals surface area (Å²) in [5.41, 5.74) is 3.28. The molecule has 0 bridgehead atoms. The van der Waals surface area contributed by atoms with Crippen molar-refractivity contribution in [3.63, 3.8) is 0 Å². The lowest BCUT2D eigenvalue weighted by Crippen LogP contribution is -2.40. The van der Waals surface area contributed by atoms with Crippen LogP contribution in [0.15, 0.2) is 53.2 Å². The number of hydrogen-bond donors (Lipinski definition) is 1. The molecule has 7 nitrogen and oxygen atoms in total. The van der Waals surface area contributed by atoms with Gasteiger partial charge in [-0.2, -0.15) is 0 Å². The highest BCUT2D eigenvalue weighted by Gasteiger charge is 2.39. The van der Waals surface area contributed by atoms with Crippen LogP contribution in [0.5, 0.6) is 0 Å². The molecule has 8 heteroatoms. The van der Waals surface area contributed by atoms with Gasteiger partial charge in [-0.3, -0.25) is 14.4 Å². The van der Waals surface area contributed by atoms with Gasteiger partial charge in [0, 0.05) is 24.3 Å². The van der Waals surface area contributed by atoms with Gasteiger partial charge in [0.1, 0.15) is 10.7 Å². The number of hydrogen-bond acceptors (Lipinski definition) is 5. The molecule has 4 rings (SSSR count). The van der Waals surface area contributed by atoms with Crippen LogP contribution in [0.2, 0.25) is 0 Å². The van der Waals surface area contributed by atoms with Gasteiger partial charge in [0.25, 0.3) is 17.7 Å². The average molecular weight is 440 g/mol. The second-order valence-corrected chi connectivity index (χ2v) is 7.91. The number of carbonyl (C=O) groups is 3. The largest absolute Gasteiger partial charge is 0.378 e. The highest BCUT2D eigenvalue weighted by atomic mass is 35.5. The Labute approximate surface area is 185 Å². The Morgan fingerprint density at radius 3 is 2.48 bits per heavy atom. The van der Waals surface area contributed by atoms with Gasteiger partial charge in [-0.05, 0) is 43.7 Å². The fraction of sp³-hybridized carbons (Fsp3) is 0.261. The van der Waals surface area contributed by atoms with Gasteiger partial charge in [-0.1, -0.05) is 35.4 Å². The number of carbonyl (C=O) groups excluding carboxylic acids is 3. The number of nitrogens with one attached hydrogen (secondary N) is 1. The topological polar surface area (TPSA) is 79.0 Å². The van der Waals surface area contributed by atoms with Gasteiger partial charge in [0.15, 0.2) is 0 Å². The maximum absolute atomic E-state index is 13.0. The zero-order valence-corrected chi connectivity index (χ0v) is 18.0. The van der Waals surface area contributed by atoms with Crippen LogP contribution in [-0.4, -0.2) is 48.9 Å². The van der Waals surface area contributed by atoms with E-state index in [0.29, 0.717) is 43.2 Å². The van der Waals surface area contributed by atoms with Crippen molar-refractivity contribution in [2.45, 2.75) is 13.8 Å². The molecule has 0 atom stereocenters. The first-order chi connectivity index (χ1) is 14.9. The number of anilines is 2. The van der Waals surface area contributed by atoms with Crippen LogP contribution in [0, 0.1) is 13.8 Å². The van der Waals surface area contributed by atoms with Crippen molar-refractivity contribution in [1.29, 1.82) is 0 Å². The molecular formula is C23H22ClN3O4. The van der Waals surface area contributed by atoms with Gasteiger partial charge >= 0.3 is 0 Å². The van der Waals surface area contributed by atoms with Crippen LogP contribution < -0.4 is 10.2 Å². The number of rotatable bonds is 4. The summed E-state index contributed by atoms with van der Waals surface area (Å²) in [5.74, 6) is -1.23. The number of amides is 3. The van der Waals surface area contributed by atoms with Crippen molar-refractivity contribution in [2.24, 2.45) is 0 Å². The molecule has 1 fully saturated rings. The number of benzene rings is 2. The summed E-state index contributed by atoms with van der Waals surface area (Å²) < 4.78 is 5.29. The minimum absolute atomic E-state index is 0.0115. The SMILES string of the molecule is Cc1ccc(N2C(=O)C(Cl)=C(Nc3cccc(C(=O)N4CCOCC4)c3)C2=O)c(C)c1. The van der Waals surface area contributed by atoms with E-state index >= 15 is 0 Å². The molecule has 0 unspecified atom stereocenters. The van der Waals surface area contributed by atoms with Crippen molar-refractivity contribution in [3.05, 3.63) is 69.9 Å². The van der Waals surface area contributed by atoms with Crippen LogP contribution in [0.1, 0.15) is 21.5 Å². The normalized spacial score (nSPS) is 16.9. The van der Waals surface area contributed by atoms with Crippen molar-refractivity contribution < 1.29 is 19.1 Å². The van der Waals surface area contributed by atoms with Crippen LogP contribution in [0.4, 0.5) is 11.4 Å². The monoisotopic (exact) mass is 439 g/mol. The molecule has 1 N–H and O–H groups in total. The van der Waals surface area contributed by atoms with Gasteiger partial charge in [0.05, 0.1) is 18.9 Å². The van der Waals surface area contributed by atoms with E-state index < -0.39 is 11.8 Å². The van der Waals surface area contributed by atoms with Crippen LogP contribution in [0.25, 0.3) is 0 Å². The van der Waals surface area contributed by atoms with Gasteiger partial charge < -0.3 is 15.0 Å². The van der Waals surface area contributed by atoms with E-state index in [9.17, 15) is 14.4 Å². The van der Waals surface area contributed by atoms with Crippen molar-refractivity contribution in [2.75, 3.05) is 36.5 Å². The second kappa shape index (κ2) is 8.53. The Hall–Kier alpha value is -3.16. The summed E-state index contributed by atoms with van der Waals surface area (Å²) in [5, 5.41) is 2.75. The highest BCUT2D eigenvalue weighted by Crippen LogP contribution is 2.32. The second-order valence-electron chi connectivity index (χ2n) is 7.54. The lowest BCUT2D eigenvalue weighted by Gasteiger charge is -2.27. The maximum atomic E-state index is 13.0. The molecule has 0 radical (unpaired) electrons. The molecule has 3 amide bonds. The van der Waals surface area contributed by atoms with E-state index in [-0.39, 0.29) is 16.6 Å². The Kier molecular flexibility index (Phi) is 5.80. The molecule has 31 heavy (non-hydrogen) atoms. The predicted molar refractivity (Wildman–Crippen MR) is 118 cm³/mol. The van der Waals surface area contributed by atoms with E-state index in [0.717, 1.165) is 16.0 Å². The maximum Gasteiger partial charge on any atom is 0.283 e. The first kappa shape index (κ1) is 21.1. The molecule has 2 aromatic carbocycles. The molecule has 160 valence electrons. The number of halogens is 1. The van der Waals surface area contributed by atoms with Crippen LogP contribution in [-0.2, 0) is 14.3 Å². The van der Waals surface area contributed by atoms with Crippen molar-refractivity contribution >= 4 is 40.7 Å². The minimum atomic E-state index is -0.582. The third kappa shape index (κ3) is 4.06. The smallest absolute Gasteiger partial charge is 0.283 e. The predicted octanol–water partition coefficient (Wildman–Crippen LogP) is 3.21. The van der Waals surface area contributed by atoms with Crippen LogP contribution in [0.3, 0.4) is 0 Å².